The Labute approximate surface area is 137 Å². The molecule has 1 heterocycles. The Morgan fingerprint density at radius 2 is 1.86 bits per heavy atom. The van der Waals surface area contributed by atoms with E-state index < -0.39 is 0 Å². The van der Waals surface area contributed by atoms with Gasteiger partial charge in [-0.25, -0.2) is 4.98 Å². The van der Waals surface area contributed by atoms with Gasteiger partial charge in [-0.05, 0) is 11.0 Å². The number of rotatable bonds is 7. The van der Waals surface area contributed by atoms with Gasteiger partial charge in [-0.1, -0.05) is 45.0 Å². The van der Waals surface area contributed by atoms with Gasteiger partial charge in [-0.3, -0.25) is 0 Å². The lowest BCUT2D eigenvalue weighted by Crippen LogP contribution is -2.21. The molecule has 0 saturated carbocycles. The van der Waals surface area contributed by atoms with Crippen LogP contribution in [0.2, 0.25) is 0 Å². The Balaban J connectivity index is 1.93. The van der Waals surface area contributed by atoms with Gasteiger partial charge in [0.25, 0.3) is 0 Å². The number of methoxy groups -OCH3 is 1. The van der Waals surface area contributed by atoms with Gasteiger partial charge in [0.05, 0.1) is 17.3 Å². The van der Waals surface area contributed by atoms with Crippen LogP contribution in [0.25, 0.3) is 11.3 Å². The fourth-order valence-corrected chi connectivity index (χ4v) is 3.00. The highest BCUT2D eigenvalue weighted by Crippen LogP contribution is 2.27. The molecule has 0 amide bonds. The van der Waals surface area contributed by atoms with E-state index in [1.807, 2.05) is 0 Å². The summed E-state index contributed by atoms with van der Waals surface area (Å²) in [5.74, 6) is 0. The third-order valence-corrected chi connectivity index (χ3v) is 4.51. The van der Waals surface area contributed by atoms with Gasteiger partial charge in [0.15, 0.2) is 0 Å². The smallest absolute Gasteiger partial charge is 0.0945 e. The van der Waals surface area contributed by atoms with Gasteiger partial charge >= 0.3 is 0 Å². The van der Waals surface area contributed by atoms with Crippen LogP contribution in [-0.4, -0.2) is 31.8 Å². The van der Waals surface area contributed by atoms with E-state index >= 15 is 0 Å². The average molecular weight is 318 g/mol. The van der Waals surface area contributed by atoms with Crippen LogP contribution < -0.4 is 5.32 Å². The molecule has 0 radical (unpaired) electrons. The van der Waals surface area contributed by atoms with Gasteiger partial charge in [0, 0.05) is 37.6 Å². The lowest BCUT2D eigenvalue weighted by Gasteiger charge is -2.18. The van der Waals surface area contributed by atoms with E-state index in [4.69, 9.17) is 9.72 Å². The zero-order valence-electron chi connectivity index (χ0n) is 14.0. The molecule has 0 bridgehead atoms. The van der Waals surface area contributed by atoms with Crippen LogP contribution in [0.1, 0.15) is 31.3 Å². The molecule has 1 N–H and O–H groups in total. The quantitative estimate of drug-likeness (QED) is 0.787. The molecule has 1 aromatic heterocycles. The van der Waals surface area contributed by atoms with E-state index in [9.17, 15) is 0 Å². The third-order valence-electron chi connectivity index (χ3n) is 3.60. The summed E-state index contributed by atoms with van der Waals surface area (Å²) >= 11 is 1.74. The minimum Gasteiger partial charge on any atom is -0.383 e. The van der Waals surface area contributed by atoms with Gasteiger partial charge in [-0.2, -0.15) is 0 Å². The first-order valence-electron chi connectivity index (χ1n) is 7.75. The van der Waals surface area contributed by atoms with Crippen LogP contribution in [0.4, 0.5) is 0 Å². The minimum atomic E-state index is 0.194. The third kappa shape index (κ3) is 4.90. The predicted molar refractivity (Wildman–Crippen MR) is 94.7 cm³/mol. The molecule has 1 aromatic carbocycles. The van der Waals surface area contributed by atoms with Crippen molar-refractivity contribution in [3.05, 3.63) is 40.2 Å². The maximum absolute atomic E-state index is 5.01. The Morgan fingerprint density at radius 3 is 2.50 bits per heavy atom. The number of ether oxygens (including phenoxy) is 1. The first kappa shape index (κ1) is 17.1. The summed E-state index contributed by atoms with van der Waals surface area (Å²) in [5.41, 5.74) is 3.83. The molecule has 0 saturated heterocycles. The van der Waals surface area contributed by atoms with Gasteiger partial charge in [-0.15, -0.1) is 11.3 Å². The van der Waals surface area contributed by atoms with Crippen molar-refractivity contribution in [2.75, 3.05) is 26.8 Å². The highest BCUT2D eigenvalue weighted by Gasteiger charge is 2.13. The van der Waals surface area contributed by atoms with Gasteiger partial charge in [0.1, 0.15) is 0 Å². The number of benzene rings is 1. The topological polar surface area (TPSA) is 34.1 Å². The van der Waals surface area contributed by atoms with Crippen LogP contribution in [0.5, 0.6) is 0 Å². The van der Waals surface area contributed by atoms with Crippen molar-refractivity contribution in [1.82, 2.24) is 10.3 Å². The lowest BCUT2D eigenvalue weighted by molar-refractivity contribution is 0.199. The van der Waals surface area contributed by atoms with E-state index in [1.165, 1.54) is 16.1 Å². The van der Waals surface area contributed by atoms with E-state index in [-0.39, 0.29) is 5.41 Å². The first-order valence-corrected chi connectivity index (χ1v) is 8.63. The van der Waals surface area contributed by atoms with Crippen LogP contribution in [0, 0.1) is 0 Å². The number of aromatic nitrogens is 1. The molecule has 0 aliphatic rings. The first-order chi connectivity index (χ1) is 10.5. The Bertz CT molecular complexity index is 570. The fraction of sp³-hybridized carbons (Fsp3) is 0.500. The molecule has 0 aliphatic heterocycles. The summed E-state index contributed by atoms with van der Waals surface area (Å²) in [4.78, 5) is 4.74. The fourth-order valence-electron chi connectivity index (χ4n) is 2.19. The van der Waals surface area contributed by atoms with Crippen LogP contribution in [0.15, 0.2) is 29.6 Å². The predicted octanol–water partition coefficient (Wildman–Crippen LogP) is 3.89. The van der Waals surface area contributed by atoms with Crippen molar-refractivity contribution < 1.29 is 4.74 Å². The molecule has 0 unspecified atom stereocenters. The van der Waals surface area contributed by atoms with Crippen molar-refractivity contribution >= 4 is 11.3 Å². The molecule has 3 nitrogen and oxygen atoms in total. The molecular formula is C18H26N2OS. The highest BCUT2D eigenvalue weighted by molar-refractivity contribution is 7.09. The second kappa shape index (κ2) is 7.86. The number of nitrogens with one attached hydrogen (secondary N) is 1. The van der Waals surface area contributed by atoms with E-state index in [2.05, 4.69) is 55.7 Å². The molecule has 2 aromatic rings. The second-order valence-corrected chi connectivity index (χ2v) is 7.39. The van der Waals surface area contributed by atoms with Crippen molar-refractivity contribution in [1.29, 1.82) is 0 Å². The Kier molecular flexibility index (Phi) is 6.12. The maximum Gasteiger partial charge on any atom is 0.0945 e. The van der Waals surface area contributed by atoms with E-state index in [0.717, 1.165) is 31.8 Å². The largest absolute Gasteiger partial charge is 0.383 e. The van der Waals surface area contributed by atoms with Crippen molar-refractivity contribution in [2.24, 2.45) is 0 Å². The molecular weight excluding hydrogens is 292 g/mol. The number of nitrogens with zero attached hydrogens (tertiary/aromatic N) is 1. The zero-order valence-corrected chi connectivity index (χ0v) is 14.8. The Morgan fingerprint density at radius 1 is 1.14 bits per heavy atom. The monoisotopic (exact) mass is 318 g/mol. The number of hydrogen-bond acceptors (Lipinski definition) is 4. The summed E-state index contributed by atoms with van der Waals surface area (Å²) in [6.45, 7) is 9.30. The van der Waals surface area contributed by atoms with Crippen LogP contribution >= 0.6 is 11.3 Å². The summed E-state index contributed by atoms with van der Waals surface area (Å²) in [6, 6.07) is 8.77. The van der Waals surface area contributed by atoms with Crippen LogP contribution in [-0.2, 0) is 16.6 Å². The number of hydrogen-bond donors (Lipinski definition) is 1. The molecule has 2 rings (SSSR count). The van der Waals surface area contributed by atoms with Gasteiger partial charge < -0.3 is 10.1 Å². The minimum absolute atomic E-state index is 0.194. The SMILES string of the molecule is COCCNCCc1nc(-c2ccc(C(C)(C)C)cc2)cs1. The molecule has 4 heteroatoms. The number of thiazole rings is 1. The highest BCUT2D eigenvalue weighted by atomic mass is 32.1. The van der Waals surface area contributed by atoms with Crippen molar-refractivity contribution in [3.8, 4) is 11.3 Å². The normalized spacial score (nSPS) is 11.8. The standard InChI is InChI=1S/C18H26N2OS/c1-18(2,3)15-7-5-14(6-8-15)16-13-22-17(20-16)9-10-19-11-12-21-4/h5-8,13,19H,9-12H2,1-4H3. The zero-order chi connectivity index (χ0) is 16.0. The average Bonchev–Trinajstić information content (AvgIpc) is 2.95. The van der Waals surface area contributed by atoms with E-state index in [1.54, 1.807) is 18.4 Å². The molecule has 120 valence electrons. The summed E-state index contributed by atoms with van der Waals surface area (Å²) < 4.78 is 5.01. The molecule has 0 atom stereocenters. The Hall–Kier alpha value is -1.23. The van der Waals surface area contributed by atoms with Gasteiger partial charge in [0.2, 0.25) is 0 Å². The molecule has 0 aliphatic carbocycles. The molecule has 22 heavy (non-hydrogen) atoms. The summed E-state index contributed by atoms with van der Waals surface area (Å²) in [5, 5.41) is 6.68. The molecule has 0 spiro atoms. The van der Waals surface area contributed by atoms with Crippen molar-refractivity contribution in [3.63, 3.8) is 0 Å². The summed E-state index contributed by atoms with van der Waals surface area (Å²) in [7, 11) is 1.72. The maximum atomic E-state index is 5.01. The van der Waals surface area contributed by atoms with Crippen LogP contribution in [0.3, 0.4) is 0 Å². The summed E-state index contributed by atoms with van der Waals surface area (Å²) in [6.07, 6.45) is 0.967. The lowest BCUT2D eigenvalue weighted by atomic mass is 9.86. The second-order valence-electron chi connectivity index (χ2n) is 6.45. The molecule has 0 fully saturated rings. The van der Waals surface area contributed by atoms with E-state index in [0.29, 0.717) is 0 Å². The van der Waals surface area contributed by atoms with Crippen molar-refractivity contribution in [2.45, 2.75) is 32.6 Å².